The van der Waals surface area contributed by atoms with Crippen LogP contribution in [-0.4, -0.2) is 13.0 Å². The van der Waals surface area contributed by atoms with Crippen molar-refractivity contribution < 1.29 is 4.79 Å². The Labute approximate surface area is 84.0 Å². The van der Waals surface area contributed by atoms with Gasteiger partial charge in [0.15, 0.2) is 0 Å². The third kappa shape index (κ3) is 1.68. The van der Waals surface area contributed by atoms with Crippen molar-refractivity contribution in [1.82, 2.24) is 0 Å². The predicted molar refractivity (Wildman–Crippen MR) is 55.4 cm³/mol. The Morgan fingerprint density at radius 1 is 1.23 bits per heavy atom. The molecule has 0 saturated heterocycles. The summed E-state index contributed by atoms with van der Waals surface area (Å²) in [6, 6.07) is 8.06. The largest absolute Gasteiger partial charge is 0.315 e. The molecule has 0 aromatic heterocycles. The average Bonchev–Trinajstić information content (AvgIpc) is 2.12. The molecule has 13 heavy (non-hydrogen) atoms. The van der Waals surface area contributed by atoms with Gasteiger partial charge in [0.25, 0.3) is 0 Å². The second-order valence-electron chi connectivity index (χ2n) is 3.08. The monoisotopic (exact) mass is 197 g/mol. The summed E-state index contributed by atoms with van der Waals surface area (Å²) in [5.74, 6) is 0.216. The number of amides is 1. The van der Waals surface area contributed by atoms with Crippen LogP contribution in [0.1, 0.15) is 12.0 Å². The van der Waals surface area contributed by atoms with Crippen molar-refractivity contribution in [2.24, 2.45) is 0 Å². The van der Waals surface area contributed by atoms with Gasteiger partial charge in [-0.15, -0.1) is 12.4 Å². The summed E-state index contributed by atoms with van der Waals surface area (Å²) >= 11 is 0. The number of carbonyl (C=O) groups is 1. The summed E-state index contributed by atoms with van der Waals surface area (Å²) in [7, 11) is 1.83. The van der Waals surface area contributed by atoms with Crippen molar-refractivity contribution in [1.29, 1.82) is 0 Å². The van der Waals surface area contributed by atoms with E-state index in [1.54, 1.807) is 4.90 Å². The van der Waals surface area contributed by atoms with Crippen molar-refractivity contribution in [2.75, 3.05) is 11.9 Å². The molecule has 1 heterocycles. The number of anilines is 1. The molecule has 0 unspecified atom stereocenters. The highest BCUT2D eigenvalue weighted by Crippen LogP contribution is 2.25. The maximum atomic E-state index is 11.3. The molecule has 2 nitrogen and oxygen atoms in total. The summed E-state index contributed by atoms with van der Waals surface area (Å²) in [6.45, 7) is 0. The van der Waals surface area contributed by atoms with Gasteiger partial charge in [-0.25, -0.2) is 0 Å². The van der Waals surface area contributed by atoms with Crippen LogP contribution in [0.4, 0.5) is 5.69 Å². The fraction of sp³-hybridized carbons (Fsp3) is 0.300. The lowest BCUT2D eigenvalue weighted by Gasteiger charge is -2.25. The summed E-state index contributed by atoms with van der Waals surface area (Å²) in [6.07, 6.45) is 1.53. The SMILES string of the molecule is CN1C(=O)CCc2ccccc21.Cl. The molecule has 0 fully saturated rings. The lowest BCUT2D eigenvalue weighted by molar-refractivity contribution is -0.118. The van der Waals surface area contributed by atoms with E-state index in [1.807, 2.05) is 25.2 Å². The Kier molecular flexibility index (Phi) is 2.94. The highest BCUT2D eigenvalue weighted by Gasteiger charge is 2.19. The predicted octanol–water partition coefficient (Wildman–Crippen LogP) is 2.02. The van der Waals surface area contributed by atoms with Gasteiger partial charge in [-0.1, -0.05) is 18.2 Å². The topological polar surface area (TPSA) is 20.3 Å². The minimum absolute atomic E-state index is 0. The fourth-order valence-corrected chi connectivity index (χ4v) is 1.59. The smallest absolute Gasteiger partial charge is 0.227 e. The summed E-state index contributed by atoms with van der Waals surface area (Å²) in [5, 5.41) is 0. The van der Waals surface area contributed by atoms with E-state index in [0.29, 0.717) is 6.42 Å². The van der Waals surface area contributed by atoms with Crippen molar-refractivity contribution in [2.45, 2.75) is 12.8 Å². The zero-order chi connectivity index (χ0) is 8.55. The van der Waals surface area contributed by atoms with Crippen molar-refractivity contribution >= 4 is 24.0 Å². The van der Waals surface area contributed by atoms with Crippen molar-refractivity contribution in [3.05, 3.63) is 29.8 Å². The number of halogens is 1. The van der Waals surface area contributed by atoms with E-state index < -0.39 is 0 Å². The Morgan fingerprint density at radius 3 is 2.69 bits per heavy atom. The van der Waals surface area contributed by atoms with Gasteiger partial charge in [-0.05, 0) is 18.1 Å². The van der Waals surface area contributed by atoms with Gasteiger partial charge in [0.1, 0.15) is 0 Å². The first kappa shape index (κ1) is 10.1. The van der Waals surface area contributed by atoms with E-state index in [4.69, 9.17) is 0 Å². The number of hydrogen-bond acceptors (Lipinski definition) is 1. The maximum Gasteiger partial charge on any atom is 0.227 e. The molecule has 0 saturated carbocycles. The Morgan fingerprint density at radius 2 is 1.92 bits per heavy atom. The maximum absolute atomic E-state index is 11.3. The molecule has 1 amide bonds. The lowest BCUT2D eigenvalue weighted by Crippen LogP contribution is -2.30. The van der Waals surface area contributed by atoms with E-state index in [0.717, 1.165) is 12.1 Å². The van der Waals surface area contributed by atoms with Crippen LogP contribution in [0.25, 0.3) is 0 Å². The summed E-state index contributed by atoms with van der Waals surface area (Å²) in [5.41, 5.74) is 2.34. The van der Waals surface area contributed by atoms with Gasteiger partial charge < -0.3 is 4.90 Å². The number of carbonyl (C=O) groups excluding carboxylic acids is 1. The van der Waals surface area contributed by atoms with Crippen LogP contribution >= 0.6 is 12.4 Å². The zero-order valence-electron chi connectivity index (χ0n) is 7.49. The molecule has 1 aliphatic heterocycles. The molecular weight excluding hydrogens is 186 g/mol. The Bertz CT molecular complexity index is 324. The number of nitrogens with zero attached hydrogens (tertiary/aromatic N) is 1. The standard InChI is InChI=1S/C10H11NO.ClH/c1-11-9-5-3-2-4-8(9)6-7-10(11)12;/h2-5H,6-7H2,1H3;1H. The van der Waals surface area contributed by atoms with Crippen LogP contribution in [-0.2, 0) is 11.2 Å². The second-order valence-corrected chi connectivity index (χ2v) is 3.08. The Balaban J connectivity index is 0.000000845. The Hall–Kier alpha value is -1.02. The van der Waals surface area contributed by atoms with Gasteiger partial charge in [0.2, 0.25) is 5.91 Å². The number of rotatable bonds is 0. The third-order valence-corrected chi connectivity index (χ3v) is 2.34. The quantitative estimate of drug-likeness (QED) is 0.623. The third-order valence-electron chi connectivity index (χ3n) is 2.34. The number of aryl methyl sites for hydroxylation is 1. The lowest BCUT2D eigenvalue weighted by atomic mass is 10.0. The van der Waals surface area contributed by atoms with E-state index in [2.05, 4.69) is 6.07 Å². The molecule has 1 aliphatic rings. The molecule has 0 atom stereocenters. The molecule has 0 bridgehead atoms. The first-order chi connectivity index (χ1) is 5.79. The van der Waals surface area contributed by atoms with Crippen molar-refractivity contribution in [3.63, 3.8) is 0 Å². The van der Waals surface area contributed by atoms with E-state index >= 15 is 0 Å². The van der Waals surface area contributed by atoms with E-state index in [1.165, 1.54) is 5.56 Å². The molecule has 1 aromatic rings. The number of hydrogen-bond donors (Lipinski definition) is 0. The molecule has 2 rings (SSSR count). The molecule has 3 heteroatoms. The summed E-state index contributed by atoms with van der Waals surface area (Å²) in [4.78, 5) is 13.0. The fourth-order valence-electron chi connectivity index (χ4n) is 1.59. The van der Waals surface area contributed by atoms with E-state index in [-0.39, 0.29) is 18.3 Å². The van der Waals surface area contributed by atoms with Gasteiger partial charge in [-0.2, -0.15) is 0 Å². The molecular formula is C10H12ClNO. The van der Waals surface area contributed by atoms with Gasteiger partial charge in [0, 0.05) is 19.2 Å². The van der Waals surface area contributed by atoms with Crippen LogP contribution in [0.15, 0.2) is 24.3 Å². The first-order valence-corrected chi connectivity index (χ1v) is 4.13. The van der Waals surface area contributed by atoms with E-state index in [9.17, 15) is 4.79 Å². The minimum Gasteiger partial charge on any atom is -0.315 e. The molecule has 70 valence electrons. The van der Waals surface area contributed by atoms with Gasteiger partial charge in [-0.3, -0.25) is 4.79 Å². The number of fused-ring (bicyclic) bond motifs is 1. The first-order valence-electron chi connectivity index (χ1n) is 4.13. The minimum atomic E-state index is 0. The average molecular weight is 198 g/mol. The van der Waals surface area contributed by atoms with Crippen LogP contribution in [0, 0.1) is 0 Å². The normalized spacial score (nSPS) is 14.8. The zero-order valence-corrected chi connectivity index (χ0v) is 8.30. The number of benzene rings is 1. The molecule has 1 aromatic carbocycles. The summed E-state index contributed by atoms with van der Waals surface area (Å²) < 4.78 is 0. The molecule has 0 aliphatic carbocycles. The second kappa shape index (κ2) is 3.79. The van der Waals surface area contributed by atoms with Crippen LogP contribution in [0.2, 0.25) is 0 Å². The van der Waals surface area contributed by atoms with Gasteiger partial charge >= 0.3 is 0 Å². The van der Waals surface area contributed by atoms with Gasteiger partial charge in [0.05, 0.1) is 0 Å². The van der Waals surface area contributed by atoms with Crippen LogP contribution in [0.3, 0.4) is 0 Å². The highest BCUT2D eigenvalue weighted by molar-refractivity contribution is 5.95. The van der Waals surface area contributed by atoms with Crippen LogP contribution < -0.4 is 4.90 Å². The number of para-hydroxylation sites is 1. The molecule has 0 radical (unpaired) electrons. The van der Waals surface area contributed by atoms with Crippen molar-refractivity contribution in [3.8, 4) is 0 Å². The molecule has 0 N–H and O–H groups in total. The van der Waals surface area contributed by atoms with Crippen LogP contribution in [0.5, 0.6) is 0 Å². The molecule has 0 spiro atoms. The highest BCUT2D eigenvalue weighted by atomic mass is 35.5.